The van der Waals surface area contributed by atoms with Gasteiger partial charge in [-0.15, -0.1) is 0 Å². The molecule has 4 atom stereocenters. The van der Waals surface area contributed by atoms with Crippen molar-refractivity contribution in [2.24, 2.45) is 0 Å². The van der Waals surface area contributed by atoms with E-state index in [4.69, 9.17) is 14.2 Å². The predicted molar refractivity (Wildman–Crippen MR) is 314 cm³/mol. The lowest BCUT2D eigenvalue weighted by Crippen LogP contribution is -2.51. The van der Waals surface area contributed by atoms with Crippen molar-refractivity contribution in [3.8, 4) is 0 Å². The molecule has 0 saturated carbocycles. The Labute approximate surface area is 453 Å². The number of ether oxygens (including phenoxy) is 3. The molecule has 0 aliphatic carbocycles. The maximum atomic E-state index is 15.5. The fourth-order valence-corrected chi connectivity index (χ4v) is 19.8. The van der Waals surface area contributed by atoms with E-state index in [1.54, 1.807) is 0 Å². The van der Waals surface area contributed by atoms with Gasteiger partial charge in [-0.05, 0) is 41.4 Å². The summed E-state index contributed by atoms with van der Waals surface area (Å²) in [6.07, 6.45) is 1.91. The number of imide groups is 1. The van der Waals surface area contributed by atoms with Crippen molar-refractivity contribution < 1.29 is 40.6 Å². The lowest BCUT2D eigenvalue weighted by molar-refractivity contribution is -0.134. The van der Waals surface area contributed by atoms with E-state index in [9.17, 15) is 18.0 Å². The number of rotatable bonds is 25. The summed E-state index contributed by atoms with van der Waals surface area (Å²) in [6.45, 7) is 20.6. The Morgan fingerprint density at radius 2 is 1.00 bits per heavy atom. The number of carbonyl (C=O) groups excluding carboxylic acids is 2. The van der Waals surface area contributed by atoms with Gasteiger partial charge in [-0.3, -0.25) is 14.5 Å². The number of benzene rings is 4. The Hall–Kier alpha value is -4.81. The smallest absolute Gasteiger partial charge is 0.261 e. The average molecular weight is 1120 g/mol. The summed E-state index contributed by atoms with van der Waals surface area (Å²) in [5.41, 5.74) is 4.93. The zero-order valence-corrected chi connectivity index (χ0v) is 50.5. The monoisotopic (exact) mass is 1120 g/mol. The van der Waals surface area contributed by atoms with Crippen LogP contribution in [0.5, 0.6) is 0 Å². The maximum Gasteiger partial charge on any atom is 0.261 e. The molecule has 4 heterocycles. The molecule has 4 aromatic carbocycles. The highest BCUT2D eigenvalue weighted by Gasteiger charge is 2.55. The lowest BCUT2D eigenvalue weighted by atomic mass is 9.95. The van der Waals surface area contributed by atoms with Crippen molar-refractivity contribution in [1.82, 2.24) is 23.1 Å². The summed E-state index contributed by atoms with van der Waals surface area (Å²) in [7, 11) is -11.6. The minimum absolute atomic E-state index is 0.0326. The van der Waals surface area contributed by atoms with E-state index >= 15 is 8.42 Å². The van der Waals surface area contributed by atoms with E-state index in [0.29, 0.717) is 40.7 Å². The number of nitrogens with zero attached hydrogens (tertiary/aromatic N) is 4. The molecule has 2 amide bonds. The molecule has 1 saturated heterocycles. The SMILES string of the molecule is CN1C(=O)C(c2cn(COCC[Si](C)(C)C)c3ccccc23)=C(c2cn(C[C@H]3[C@@H](OCc4ccccc4)[C@H](OCc4ccccc4)[C@@H](CNS(=O)(=O)CC[Si](C)(C)C)N3S(=O)(=O)CC[Si](C)(C)C)c3ccccc23)C1=O. The van der Waals surface area contributed by atoms with Crippen molar-refractivity contribution >= 4 is 89.0 Å². The van der Waals surface area contributed by atoms with Crippen molar-refractivity contribution in [3.63, 3.8) is 0 Å². The summed E-state index contributed by atoms with van der Waals surface area (Å²) in [5.74, 6) is -1.12. The van der Waals surface area contributed by atoms with Gasteiger partial charge in [-0.2, -0.15) is 4.31 Å². The number of aromatic nitrogens is 2. The van der Waals surface area contributed by atoms with E-state index in [-0.39, 0.29) is 55.7 Å². The van der Waals surface area contributed by atoms with Gasteiger partial charge in [0.05, 0.1) is 53.5 Å². The van der Waals surface area contributed by atoms with Gasteiger partial charge in [0.1, 0.15) is 18.9 Å². The van der Waals surface area contributed by atoms with E-state index in [0.717, 1.165) is 33.0 Å². The van der Waals surface area contributed by atoms with Crippen LogP contribution in [0.2, 0.25) is 77.1 Å². The predicted octanol–water partition coefficient (Wildman–Crippen LogP) is 9.97. The Balaban J connectivity index is 1.28. The molecule has 2 aliphatic rings. The summed E-state index contributed by atoms with van der Waals surface area (Å²) < 4.78 is 87.3. The van der Waals surface area contributed by atoms with E-state index in [2.05, 4.69) is 63.6 Å². The molecule has 408 valence electrons. The molecule has 0 radical (unpaired) electrons. The number of sulfonamides is 2. The molecule has 2 aromatic heterocycles. The Kier molecular flexibility index (Phi) is 17.6. The Morgan fingerprint density at radius 1 is 0.553 bits per heavy atom. The van der Waals surface area contributed by atoms with Gasteiger partial charge in [0, 0.05) is 90.8 Å². The van der Waals surface area contributed by atoms with Crippen LogP contribution in [-0.2, 0) is 70.3 Å². The van der Waals surface area contributed by atoms with E-state index < -0.39 is 80.4 Å². The van der Waals surface area contributed by atoms with Crippen molar-refractivity contribution in [2.45, 2.75) is 128 Å². The van der Waals surface area contributed by atoms with Crippen LogP contribution in [0.4, 0.5) is 0 Å². The summed E-state index contributed by atoms with van der Waals surface area (Å²) >= 11 is 0. The van der Waals surface area contributed by atoms with Crippen LogP contribution in [-0.4, -0.2) is 127 Å². The second-order valence-electron chi connectivity index (χ2n) is 24.1. The van der Waals surface area contributed by atoms with E-state index in [1.807, 2.05) is 131 Å². The molecule has 0 unspecified atom stereocenters. The van der Waals surface area contributed by atoms with Gasteiger partial charge < -0.3 is 23.3 Å². The number of hydrogen-bond donors (Lipinski definition) is 1. The zero-order chi connectivity index (χ0) is 54.8. The topological polar surface area (TPSA) is 158 Å². The van der Waals surface area contributed by atoms with Crippen LogP contribution in [0.1, 0.15) is 22.3 Å². The summed E-state index contributed by atoms with van der Waals surface area (Å²) in [4.78, 5) is 30.5. The molecule has 8 rings (SSSR count). The standard InChI is InChI=1S/C57H77N5O9S2Si3/c1-59-56(63)52(53(57(59)64)47-37-61(41-69-29-32-74(2,3)4)49-28-20-18-26-45(47)49)46-36-60(48-27-19-17-25-44(46)48)38-51-55(71-40-43-23-15-12-16-24-43)54(70-39-42-21-13-11-14-22-42)50(35-58-72(65,66)30-33-75(5,6)7)62(51)73(67,68)31-34-76(8,9)10/h11-28,36-37,50-51,54-55,58H,29-35,38-41H2,1-10H3/t50-,51+,54-,55-/m1/s1. The molecule has 1 fully saturated rings. The van der Waals surface area contributed by atoms with Crippen LogP contribution >= 0.6 is 0 Å². The van der Waals surface area contributed by atoms with Crippen LogP contribution in [0.3, 0.4) is 0 Å². The second-order valence-corrected chi connectivity index (χ2v) is 44.9. The maximum absolute atomic E-state index is 15.5. The first kappa shape index (κ1) is 57.4. The molecule has 19 heteroatoms. The quantitative estimate of drug-likeness (QED) is 0.0335. The minimum atomic E-state index is -4.17. The molecule has 1 N–H and O–H groups in total. The molecule has 6 aromatic rings. The first-order chi connectivity index (χ1) is 35.8. The van der Waals surface area contributed by atoms with Crippen molar-refractivity contribution in [1.29, 1.82) is 0 Å². The first-order valence-corrected chi connectivity index (χ1v) is 40.8. The average Bonchev–Trinajstić information content (AvgIpc) is 4.08. The summed E-state index contributed by atoms with van der Waals surface area (Å²) in [6, 6.07) is 34.8. The normalized spacial score (nSPS) is 19.3. The van der Waals surface area contributed by atoms with Crippen molar-refractivity contribution in [3.05, 3.63) is 144 Å². The molecule has 0 bridgehead atoms. The molecular weight excluding hydrogens is 1050 g/mol. The second kappa shape index (κ2) is 23.3. The van der Waals surface area contributed by atoms with Gasteiger partial charge in [0.15, 0.2) is 0 Å². The number of carbonyl (C=O) groups is 2. The third kappa shape index (κ3) is 13.7. The fraction of sp³-hybridized carbons (Fsp3) is 0.439. The van der Waals surface area contributed by atoms with Crippen LogP contribution in [0.15, 0.2) is 122 Å². The van der Waals surface area contributed by atoms with Gasteiger partial charge in [0.25, 0.3) is 11.8 Å². The van der Waals surface area contributed by atoms with Gasteiger partial charge in [-0.25, -0.2) is 21.6 Å². The number of hydrogen-bond acceptors (Lipinski definition) is 9. The number of para-hydroxylation sites is 2. The number of likely N-dealkylation sites (N-methyl/N-ethyl adjacent to an activating group) is 1. The molecule has 14 nitrogen and oxygen atoms in total. The van der Waals surface area contributed by atoms with E-state index in [1.165, 1.54) is 11.4 Å². The van der Waals surface area contributed by atoms with Crippen LogP contribution in [0, 0.1) is 0 Å². The van der Waals surface area contributed by atoms with Crippen LogP contribution < -0.4 is 4.72 Å². The Morgan fingerprint density at radius 3 is 1.51 bits per heavy atom. The molecular formula is C57H77N5O9S2Si3. The third-order valence-electron chi connectivity index (χ3n) is 14.4. The molecule has 76 heavy (non-hydrogen) atoms. The van der Waals surface area contributed by atoms with Crippen LogP contribution in [0.25, 0.3) is 33.0 Å². The zero-order valence-electron chi connectivity index (χ0n) is 45.9. The van der Waals surface area contributed by atoms with Gasteiger partial charge >= 0.3 is 0 Å². The van der Waals surface area contributed by atoms with Gasteiger partial charge in [-0.1, -0.05) is 156 Å². The number of amides is 2. The number of fused-ring (bicyclic) bond motifs is 2. The third-order valence-corrected chi connectivity index (χ3v) is 23.6. The fourth-order valence-electron chi connectivity index (χ4n) is 10.0. The largest absolute Gasteiger partial charge is 0.369 e. The van der Waals surface area contributed by atoms with Crippen molar-refractivity contribution in [2.75, 3.05) is 31.7 Å². The lowest BCUT2D eigenvalue weighted by Gasteiger charge is -2.32. The highest BCUT2D eigenvalue weighted by molar-refractivity contribution is 7.89. The first-order valence-electron chi connectivity index (χ1n) is 26.4. The molecule has 2 aliphatic heterocycles. The minimum Gasteiger partial charge on any atom is -0.369 e. The Bertz CT molecular complexity index is 3290. The number of nitrogens with one attached hydrogen (secondary N) is 1. The molecule has 0 spiro atoms. The highest BCUT2D eigenvalue weighted by atomic mass is 32.2. The summed E-state index contributed by atoms with van der Waals surface area (Å²) in [5, 5.41) is 1.50. The highest BCUT2D eigenvalue weighted by Crippen LogP contribution is 2.43. The van der Waals surface area contributed by atoms with Gasteiger partial charge in [0.2, 0.25) is 20.0 Å².